The normalized spacial score (nSPS) is 15.9. The summed E-state index contributed by atoms with van der Waals surface area (Å²) in [4.78, 5) is 0. The predicted molar refractivity (Wildman–Crippen MR) is 47.8 cm³/mol. The van der Waals surface area contributed by atoms with Crippen molar-refractivity contribution in [2.75, 3.05) is 0 Å². The lowest BCUT2D eigenvalue weighted by molar-refractivity contribution is 0.00158. The molecule has 0 aromatic carbocycles. The molecule has 0 aliphatic heterocycles. The van der Waals surface area contributed by atoms with Gasteiger partial charge in [0.1, 0.15) is 11.4 Å². The molecule has 0 saturated heterocycles. The average Bonchev–Trinajstić information content (AvgIpc) is 2.57. The molecule has 0 bridgehead atoms. The molecule has 1 aromatic rings. The zero-order chi connectivity index (χ0) is 9.03. The Kier molecular flexibility index (Phi) is 2.93. The summed E-state index contributed by atoms with van der Waals surface area (Å²) in [6.45, 7) is 4.03. The number of aliphatic hydroxyl groups is 1. The third kappa shape index (κ3) is 1.69. The van der Waals surface area contributed by atoms with Gasteiger partial charge in [-0.1, -0.05) is 20.3 Å². The van der Waals surface area contributed by atoms with Crippen molar-refractivity contribution in [3.05, 3.63) is 24.2 Å². The van der Waals surface area contributed by atoms with Crippen LogP contribution in [0.3, 0.4) is 0 Å². The van der Waals surface area contributed by atoms with Gasteiger partial charge in [0.25, 0.3) is 0 Å². The summed E-state index contributed by atoms with van der Waals surface area (Å²) >= 11 is 0. The van der Waals surface area contributed by atoms with Crippen molar-refractivity contribution in [1.82, 2.24) is 0 Å². The van der Waals surface area contributed by atoms with E-state index in [0.717, 1.165) is 12.8 Å². The van der Waals surface area contributed by atoms with Crippen LogP contribution in [0.5, 0.6) is 0 Å². The molecule has 0 saturated carbocycles. The van der Waals surface area contributed by atoms with Gasteiger partial charge in [-0.25, -0.2) is 0 Å². The molecule has 12 heavy (non-hydrogen) atoms. The van der Waals surface area contributed by atoms with E-state index in [-0.39, 0.29) is 0 Å². The van der Waals surface area contributed by atoms with Gasteiger partial charge in [-0.15, -0.1) is 0 Å². The Balaban J connectivity index is 2.80. The van der Waals surface area contributed by atoms with Crippen LogP contribution in [0, 0.1) is 0 Å². The molecule has 2 nitrogen and oxygen atoms in total. The van der Waals surface area contributed by atoms with Gasteiger partial charge in [0.2, 0.25) is 0 Å². The van der Waals surface area contributed by atoms with E-state index >= 15 is 0 Å². The largest absolute Gasteiger partial charge is 0.466 e. The van der Waals surface area contributed by atoms with Crippen LogP contribution in [0.25, 0.3) is 0 Å². The van der Waals surface area contributed by atoms with E-state index in [1.807, 2.05) is 19.1 Å². The number of furan rings is 1. The predicted octanol–water partition coefficient (Wildman–Crippen LogP) is 2.68. The Labute approximate surface area is 73.2 Å². The minimum Gasteiger partial charge on any atom is -0.466 e. The first kappa shape index (κ1) is 9.33. The molecule has 0 spiro atoms. The quantitative estimate of drug-likeness (QED) is 0.749. The molecule has 1 atom stereocenters. The van der Waals surface area contributed by atoms with Crippen LogP contribution in [0.2, 0.25) is 0 Å². The Morgan fingerprint density at radius 1 is 1.50 bits per heavy atom. The van der Waals surface area contributed by atoms with Gasteiger partial charge < -0.3 is 9.52 Å². The van der Waals surface area contributed by atoms with E-state index in [1.165, 1.54) is 0 Å². The minimum absolute atomic E-state index is 0.687. The molecule has 1 heterocycles. The lowest BCUT2D eigenvalue weighted by Crippen LogP contribution is -2.23. The van der Waals surface area contributed by atoms with E-state index in [2.05, 4.69) is 6.92 Å². The molecule has 1 aromatic heterocycles. The Bertz CT molecular complexity index is 216. The van der Waals surface area contributed by atoms with Crippen LogP contribution in [-0.4, -0.2) is 5.11 Å². The second kappa shape index (κ2) is 3.76. The van der Waals surface area contributed by atoms with Crippen molar-refractivity contribution in [1.29, 1.82) is 0 Å². The summed E-state index contributed by atoms with van der Waals surface area (Å²) in [5, 5.41) is 10.1. The highest BCUT2D eigenvalue weighted by Crippen LogP contribution is 2.29. The summed E-state index contributed by atoms with van der Waals surface area (Å²) in [5.41, 5.74) is -0.752. The van der Waals surface area contributed by atoms with Crippen molar-refractivity contribution in [3.8, 4) is 0 Å². The molecule has 0 amide bonds. The molecule has 0 aliphatic carbocycles. The number of hydrogen-bond acceptors (Lipinski definition) is 2. The van der Waals surface area contributed by atoms with Crippen molar-refractivity contribution < 1.29 is 9.52 Å². The topological polar surface area (TPSA) is 33.4 Å². The molecule has 0 radical (unpaired) electrons. The van der Waals surface area contributed by atoms with Crippen LogP contribution in [0.4, 0.5) is 0 Å². The Morgan fingerprint density at radius 2 is 2.25 bits per heavy atom. The van der Waals surface area contributed by atoms with Gasteiger partial charge in [0.05, 0.1) is 6.26 Å². The summed E-state index contributed by atoms with van der Waals surface area (Å²) in [7, 11) is 0. The standard InChI is InChI=1S/C10H16O2/c1-3-7-10(11,4-2)9-6-5-8-12-9/h5-6,8,11H,3-4,7H2,1-2H3. The monoisotopic (exact) mass is 168 g/mol. The third-order valence-electron chi connectivity index (χ3n) is 2.23. The molecular weight excluding hydrogens is 152 g/mol. The number of rotatable bonds is 4. The van der Waals surface area contributed by atoms with Crippen LogP contribution >= 0.6 is 0 Å². The minimum atomic E-state index is -0.752. The maximum absolute atomic E-state index is 10.1. The highest BCUT2D eigenvalue weighted by molar-refractivity contribution is 5.08. The molecule has 68 valence electrons. The van der Waals surface area contributed by atoms with Crippen LogP contribution < -0.4 is 0 Å². The molecule has 0 aliphatic rings. The first-order valence-electron chi connectivity index (χ1n) is 4.49. The Morgan fingerprint density at radius 3 is 2.67 bits per heavy atom. The maximum Gasteiger partial charge on any atom is 0.135 e. The fourth-order valence-corrected chi connectivity index (χ4v) is 1.43. The Hall–Kier alpha value is -0.760. The fraction of sp³-hybridized carbons (Fsp3) is 0.600. The lowest BCUT2D eigenvalue weighted by Gasteiger charge is -2.23. The second-order valence-electron chi connectivity index (χ2n) is 3.11. The summed E-state index contributed by atoms with van der Waals surface area (Å²) in [5.74, 6) is 0.687. The zero-order valence-electron chi connectivity index (χ0n) is 7.71. The first-order valence-corrected chi connectivity index (χ1v) is 4.49. The summed E-state index contributed by atoms with van der Waals surface area (Å²) < 4.78 is 5.19. The van der Waals surface area contributed by atoms with E-state index in [9.17, 15) is 5.11 Å². The van der Waals surface area contributed by atoms with Gasteiger partial charge in [-0.05, 0) is 25.0 Å². The fourth-order valence-electron chi connectivity index (χ4n) is 1.43. The van der Waals surface area contributed by atoms with Gasteiger partial charge in [0, 0.05) is 0 Å². The molecule has 0 fully saturated rings. The highest BCUT2D eigenvalue weighted by atomic mass is 16.4. The average molecular weight is 168 g/mol. The van der Waals surface area contributed by atoms with Gasteiger partial charge in [0.15, 0.2) is 0 Å². The number of hydrogen-bond donors (Lipinski definition) is 1. The second-order valence-corrected chi connectivity index (χ2v) is 3.11. The van der Waals surface area contributed by atoms with Gasteiger partial charge >= 0.3 is 0 Å². The molecular formula is C10H16O2. The van der Waals surface area contributed by atoms with E-state index in [1.54, 1.807) is 6.26 Å². The van der Waals surface area contributed by atoms with E-state index < -0.39 is 5.60 Å². The maximum atomic E-state index is 10.1. The van der Waals surface area contributed by atoms with Crippen molar-refractivity contribution in [3.63, 3.8) is 0 Å². The van der Waals surface area contributed by atoms with E-state index in [4.69, 9.17) is 4.42 Å². The van der Waals surface area contributed by atoms with Crippen molar-refractivity contribution in [2.24, 2.45) is 0 Å². The van der Waals surface area contributed by atoms with Gasteiger partial charge in [-0.3, -0.25) is 0 Å². The molecule has 1 unspecified atom stereocenters. The lowest BCUT2D eigenvalue weighted by atomic mass is 9.92. The SMILES string of the molecule is CCCC(O)(CC)c1ccco1. The molecule has 1 N–H and O–H groups in total. The summed E-state index contributed by atoms with van der Waals surface area (Å²) in [6, 6.07) is 3.64. The van der Waals surface area contributed by atoms with Crippen LogP contribution in [-0.2, 0) is 5.60 Å². The smallest absolute Gasteiger partial charge is 0.135 e. The highest BCUT2D eigenvalue weighted by Gasteiger charge is 2.28. The van der Waals surface area contributed by atoms with Crippen LogP contribution in [0.15, 0.2) is 22.8 Å². The molecule has 1 rings (SSSR count). The van der Waals surface area contributed by atoms with Gasteiger partial charge in [-0.2, -0.15) is 0 Å². The first-order chi connectivity index (χ1) is 5.73. The van der Waals surface area contributed by atoms with Crippen molar-refractivity contribution >= 4 is 0 Å². The van der Waals surface area contributed by atoms with Crippen molar-refractivity contribution in [2.45, 2.75) is 38.7 Å². The zero-order valence-corrected chi connectivity index (χ0v) is 7.71. The third-order valence-corrected chi connectivity index (χ3v) is 2.23. The summed E-state index contributed by atoms with van der Waals surface area (Å²) in [6.07, 6.45) is 4.03. The van der Waals surface area contributed by atoms with E-state index in [0.29, 0.717) is 12.2 Å². The molecule has 2 heteroatoms. The van der Waals surface area contributed by atoms with Crippen LogP contribution in [0.1, 0.15) is 38.9 Å².